The van der Waals surface area contributed by atoms with Crippen LogP contribution in [0.3, 0.4) is 0 Å². The van der Waals surface area contributed by atoms with Gasteiger partial charge in [0.25, 0.3) is 0 Å². The van der Waals surface area contributed by atoms with Crippen LogP contribution in [0.15, 0.2) is 24.3 Å². The van der Waals surface area contributed by atoms with E-state index in [-0.39, 0.29) is 11.5 Å². The number of rotatable bonds is 6. The molecule has 0 N–H and O–H groups in total. The Labute approximate surface area is 182 Å². The summed E-state index contributed by atoms with van der Waals surface area (Å²) >= 11 is 0. The Morgan fingerprint density at radius 2 is 1.13 bits per heavy atom. The number of carbonyl (C=O) groups is 1. The van der Waals surface area contributed by atoms with Gasteiger partial charge in [0.05, 0.1) is 22.4 Å². The average Bonchev–Trinajstić information content (AvgIpc) is 2.94. The zero-order valence-electron chi connectivity index (χ0n) is 20.0. The minimum Gasteiger partial charge on any atom is -0.403 e. The van der Waals surface area contributed by atoms with Gasteiger partial charge >= 0.3 is 14.2 Å². The van der Waals surface area contributed by atoms with Crippen molar-refractivity contribution in [1.29, 1.82) is 0 Å². The van der Waals surface area contributed by atoms with Crippen LogP contribution in [-0.2, 0) is 18.6 Å². The summed E-state index contributed by atoms with van der Waals surface area (Å²) in [7, 11) is -1.01. The molecule has 3 rings (SSSR count). The second-order valence-corrected chi connectivity index (χ2v) is 10.7. The van der Waals surface area contributed by atoms with Gasteiger partial charge in [-0.2, -0.15) is 0 Å². The maximum Gasteiger partial charge on any atom is 0.458 e. The third-order valence-electron chi connectivity index (χ3n) is 7.32. The van der Waals surface area contributed by atoms with Gasteiger partial charge in [0.15, 0.2) is 5.78 Å². The minimum atomic E-state index is -0.504. The molecule has 0 aliphatic carbocycles. The van der Waals surface area contributed by atoms with E-state index in [1.54, 1.807) is 0 Å². The molecule has 0 saturated carbocycles. The lowest BCUT2D eigenvalue weighted by Gasteiger charge is -2.32. The smallest absolute Gasteiger partial charge is 0.403 e. The number of carbonyl (C=O) groups excluding carboxylic acids is 1. The third-order valence-corrected chi connectivity index (χ3v) is 7.32. The molecule has 7 heteroatoms. The predicted molar refractivity (Wildman–Crippen MR) is 121 cm³/mol. The minimum absolute atomic E-state index is 0.105. The van der Waals surface area contributed by atoms with Crippen molar-refractivity contribution >= 4 is 20.0 Å². The summed E-state index contributed by atoms with van der Waals surface area (Å²) in [4.78, 5) is 12.8. The van der Waals surface area contributed by atoms with Gasteiger partial charge in [-0.1, -0.05) is 29.8 Å². The predicted octanol–water partition coefficient (Wildman–Crippen LogP) is 5.05. The highest BCUT2D eigenvalue weighted by Gasteiger charge is 2.61. The molecule has 0 aromatic heterocycles. The first-order valence-corrected chi connectivity index (χ1v) is 11.0. The first-order valence-electron chi connectivity index (χ1n) is 11.0. The summed E-state index contributed by atoms with van der Waals surface area (Å²) in [5, 5.41) is 0. The van der Waals surface area contributed by atoms with Gasteiger partial charge in [-0.25, -0.2) is 0 Å². The average molecular weight is 414 g/mol. The Morgan fingerprint density at radius 1 is 0.767 bits per heavy atom. The highest BCUT2D eigenvalue weighted by Crippen LogP contribution is 2.46. The fourth-order valence-corrected chi connectivity index (χ4v) is 3.71. The van der Waals surface area contributed by atoms with E-state index < -0.39 is 36.6 Å². The van der Waals surface area contributed by atoms with Crippen LogP contribution in [0.25, 0.3) is 0 Å². The first kappa shape index (κ1) is 23.5. The van der Waals surface area contributed by atoms with Gasteiger partial charge in [-0.3, -0.25) is 4.79 Å². The second kappa shape index (κ2) is 7.77. The highest BCUT2D eigenvalue weighted by molar-refractivity contribution is 6.68. The van der Waals surface area contributed by atoms with Crippen molar-refractivity contribution in [3.63, 3.8) is 0 Å². The molecule has 30 heavy (non-hydrogen) atoms. The number of aryl methyl sites for hydroxylation is 1. The summed E-state index contributed by atoms with van der Waals surface area (Å²) < 4.78 is 25.3. The normalized spacial score (nSPS) is 23.9. The molecule has 2 heterocycles. The number of benzene rings is 1. The van der Waals surface area contributed by atoms with Gasteiger partial charge in [0.2, 0.25) is 0 Å². The van der Waals surface area contributed by atoms with E-state index in [0.29, 0.717) is 12.8 Å². The van der Waals surface area contributed by atoms with Crippen LogP contribution in [0.2, 0.25) is 5.72 Å². The number of Topliss-reactive ketones (excluding diaryl/α,β-unsaturated/α-hetero) is 1. The lowest BCUT2D eigenvalue weighted by Crippen LogP contribution is -2.41. The van der Waals surface area contributed by atoms with Crippen LogP contribution in [0.4, 0.5) is 0 Å². The monoisotopic (exact) mass is 414 g/mol. The van der Waals surface area contributed by atoms with Crippen molar-refractivity contribution in [2.75, 3.05) is 0 Å². The van der Waals surface area contributed by atoms with Gasteiger partial charge in [0.1, 0.15) is 0 Å². The molecule has 0 unspecified atom stereocenters. The van der Waals surface area contributed by atoms with E-state index in [4.69, 9.17) is 18.6 Å². The zero-order valence-corrected chi connectivity index (χ0v) is 20.0. The Hall–Kier alpha value is -1.14. The molecule has 2 fully saturated rings. The Morgan fingerprint density at radius 3 is 1.50 bits per heavy atom. The Balaban J connectivity index is 1.80. The molecule has 2 saturated heterocycles. The molecular formula is C23H36B2O5. The fraction of sp³-hybridized carbons (Fsp3) is 0.696. The molecule has 1 aromatic rings. The SMILES string of the molecule is Cc1ccc(C(=O)CCC(B2OC(C)(C)C(C)(C)O2)B2OC(C)(C)C(C)(C)O2)cc1. The van der Waals surface area contributed by atoms with Crippen molar-refractivity contribution in [1.82, 2.24) is 0 Å². The van der Waals surface area contributed by atoms with E-state index >= 15 is 0 Å². The van der Waals surface area contributed by atoms with Gasteiger partial charge in [0, 0.05) is 17.7 Å². The molecule has 1 aromatic carbocycles. The third kappa shape index (κ3) is 4.40. The van der Waals surface area contributed by atoms with E-state index in [9.17, 15) is 4.79 Å². The van der Waals surface area contributed by atoms with Crippen LogP contribution in [-0.4, -0.2) is 42.4 Å². The van der Waals surface area contributed by atoms with Crippen molar-refractivity contribution in [2.24, 2.45) is 0 Å². The van der Waals surface area contributed by atoms with Crippen molar-refractivity contribution in [3.05, 3.63) is 35.4 Å². The molecule has 0 amide bonds. The van der Waals surface area contributed by atoms with Crippen LogP contribution < -0.4 is 0 Å². The molecule has 2 aliphatic rings. The summed E-state index contributed by atoms with van der Waals surface area (Å²) in [5.74, 6) is 0.105. The zero-order chi connectivity index (χ0) is 22.5. The van der Waals surface area contributed by atoms with Crippen LogP contribution in [0.1, 0.15) is 84.2 Å². The van der Waals surface area contributed by atoms with Gasteiger partial charge in [-0.15, -0.1) is 0 Å². The Kier molecular flexibility index (Phi) is 6.09. The van der Waals surface area contributed by atoms with Crippen LogP contribution in [0.5, 0.6) is 0 Å². The molecule has 0 atom stereocenters. The van der Waals surface area contributed by atoms with E-state index in [1.165, 1.54) is 0 Å². The van der Waals surface area contributed by atoms with Gasteiger partial charge < -0.3 is 18.6 Å². The molecule has 0 bridgehead atoms. The van der Waals surface area contributed by atoms with E-state index in [1.807, 2.05) is 86.6 Å². The topological polar surface area (TPSA) is 54.0 Å². The number of hydrogen-bond donors (Lipinski definition) is 0. The lowest BCUT2D eigenvalue weighted by atomic mass is 9.50. The lowest BCUT2D eigenvalue weighted by molar-refractivity contribution is 0.00578. The van der Waals surface area contributed by atoms with E-state index in [0.717, 1.165) is 11.1 Å². The van der Waals surface area contributed by atoms with Crippen LogP contribution in [0, 0.1) is 6.92 Å². The quantitative estimate of drug-likeness (QED) is 0.482. The molecular weight excluding hydrogens is 378 g/mol. The van der Waals surface area contributed by atoms with Gasteiger partial charge in [-0.05, 0) is 68.7 Å². The molecule has 0 spiro atoms. The number of hydrogen-bond acceptors (Lipinski definition) is 5. The van der Waals surface area contributed by atoms with E-state index in [2.05, 4.69) is 0 Å². The second-order valence-electron chi connectivity index (χ2n) is 10.7. The summed E-state index contributed by atoms with van der Waals surface area (Å²) in [6, 6.07) is 7.70. The maximum absolute atomic E-state index is 12.8. The molecule has 164 valence electrons. The maximum atomic E-state index is 12.8. The van der Waals surface area contributed by atoms with Crippen molar-refractivity contribution in [2.45, 2.75) is 103 Å². The molecule has 5 nitrogen and oxygen atoms in total. The standard InChI is InChI=1S/C23H36B2O5/c1-16-10-12-17(13-11-16)18(26)14-15-19(24-27-20(2,3)21(4,5)28-24)25-29-22(6,7)23(8,9)30-25/h10-13,19H,14-15H2,1-9H3. The fourth-order valence-electron chi connectivity index (χ4n) is 3.71. The van der Waals surface area contributed by atoms with Crippen LogP contribution >= 0.6 is 0 Å². The Bertz CT molecular complexity index is 717. The summed E-state index contributed by atoms with van der Waals surface area (Å²) in [5.41, 5.74) is -0.190. The van der Waals surface area contributed by atoms with Crippen molar-refractivity contribution in [3.8, 4) is 0 Å². The molecule has 0 radical (unpaired) electrons. The molecule has 2 aliphatic heterocycles. The number of ketones is 1. The van der Waals surface area contributed by atoms with Crippen molar-refractivity contribution < 1.29 is 23.4 Å². The largest absolute Gasteiger partial charge is 0.458 e. The summed E-state index contributed by atoms with van der Waals surface area (Å²) in [6.07, 6.45) is 0.933. The first-order chi connectivity index (χ1) is 13.7. The summed E-state index contributed by atoms with van der Waals surface area (Å²) in [6.45, 7) is 18.3. The highest BCUT2D eigenvalue weighted by atomic mass is 16.7.